The molecule has 0 radical (unpaired) electrons. The van der Waals surface area contributed by atoms with Crippen LogP contribution in [-0.4, -0.2) is 47.4 Å². The number of ether oxygens (including phenoxy) is 1. The van der Waals surface area contributed by atoms with Gasteiger partial charge >= 0.3 is 215 Å². The molecule has 1 saturated heterocycles. The first kappa shape index (κ1) is 21.5. The van der Waals surface area contributed by atoms with E-state index in [9.17, 15) is 9.59 Å². The van der Waals surface area contributed by atoms with E-state index in [0.717, 1.165) is 29.7 Å². The predicted octanol–water partition coefficient (Wildman–Crippen LogP) is 4.64. The Morgan fingerprint density at radius 3 is 2.06 bits per heavy atom. The van der Waals surface area contributed by atoms with Gasteiger partial charge in [-0.05, 0) is 0 Å². The van der Waals surface area contributed by atoms with Crippen LogP contribution in [0.5, 0.6) is 0 Å². The van der Waals surface area contributed by atoms with Gasteiger partial charge in [-0.3, -0.25) is 0 Å². The van der Waals surface area contributed by atoms with Gasteiger partial charge in [0.05, 0.1) is 0 Å². The zero-order valence-electron chi connectivity index (χ0n) is 18.8. The van der Waals surface area contributed by atoms with Crippen LogP contribution in [0.15, 0.2) is 77.0 Å². The summed E-state index contributed by atoms with van der Waals surface area (Å²) in [4.78, 5) is 28.0. The second kappa shape index (κ2) is 8.12. The third-order valence-electron chi connectivity index (χ3n) is 7.43. The van der Waals surface area contributed by atoms with Crippen molar-refractivity contribution in [1.82, 2.24) is 0 Å². The molecule has 0 bridgehead atoms. The van der Waals surface area contributed by atoms with E-state index < -0.39 is 8.07 Å². The van der Waals surface area contributed by atoms with Crippen molar-refractivity contribution >= 4 is 77.9 Å². The summed E-state index contributed by atoms with van der Waals surface area (Å²) in [5.74, 6) is -0.282. The summed E-state index contributed by atoms with van der Waals surface area (Å²) in [5, 5.41) is 6.56. The van der Waals surface area contributed by atoms with Crippen molar-refractivity contribution in [2.45, 2.75) is 12.1 Å². The third-order valence-corrected chi connectivity index (χ3v) is 15.3. The fourth-order valence-electron chi connectivity index (χ4n) is 5.77. The minimum atomic E-state index is -1.90. The number of Topliss-reactive ketones (excluding diaryl/α,β-unsaturated/α-hetero) is 2. The van der Waals surface area contributed by atoms with Crippen molar-refractivity contribution in [3.05, 3.63) is 92.6 Å². The van der Waals surface area contributed by atoms with Gasteiger partial charge in [0.1, 0.15) is 0 Å². The summed E-state index contributed by atoms with van der Waals surface area (Å²) in [6.07, 6.45) is 1.83. The van der Waals surface area contributed by atoms with Gasteiger partial charge < -0.3 is 0 Å². The van der Waals surface area contributed by atoms with Crippen LogP contribution in [0.4, 0.5) is 15.9 Å². The number of rotatable bonds is 2. The normalized spacial score (nSPS) is 17.9. The van der Waals surface area contributed by atoms with Crippen LogP contribution in [0.1, 0.15) is 25.2 Å². The molecule has 4 nitrogen and oxygen atoms in total. The summed E-state index contributed by atoms with van der Waals surface area (Å²) in [7, 11) is -1.90. The van der Waals surface area contributed by atoms with Crippen LogP contribution >= 0.6 is 11.3 Å². The van der Waals surface area contributed by atoms with E-state index in [1.54, 1.807) is 10.8 Å². The van der Waals surface area contributed by atoms with Gasteiger partial charge in [0.15, 0.2) is 0 Å². The average Bonchev–Trinajstić information content (AvgIpc) is 3.62. The van der Waals surface area contributed by atoms with Crippen molar-refractivity contribution < 1.29 is 14.3 Å². The predicted molar refractivity (Wildman–Crippen MR) is 144 cm³/mol. The summed E-state index contributed by atoms with van der Waals surface area (Å²) < 4.78 is 8.09. The Morgan fingerprint density at radius 2 is 1.43 bits per heavy atom. The van der Waals surface area contributed by atoms with Crippen LogP contribution in [0.2, 0.25) is 12.1 Å². The van der Waals surface area contributed by atoms with Gasteiger partial charge in [-0.1, -0.05) is 0 Å². The maximum atomic E-state index is 12.8. The summed E-state index contributed by atoms with van der Waals surface area (Å²) in [6, 6.07) is 24.3. The number of benzene rings is 2. The van der Waals surface area contributed by atoms with Gasteiger partial charge in [0.2, 0.25) is 0 Å². The Hall–Kier alpha value is -2.80. The molecule has 4 heterocycles. The number of ketones is 2. The Morgan fingerprint density at radius 1 is 0.829 bits per heavy atom. The zero-order chi connectivity index (χ0) is 23.6. The topological polar surface area (TPSA) is 46.6 Å². The average molecular weight is 559 g/mol. The minimum absolute atomic E-state index is 0.0231. The Balaban J connectivity index is 1.34. The number of hydrogen-bond donors (Lipinski definition) is 0. The number of para-hydroxylation sites is 2. The van der Waals surface area contributed by atoms with E-state index in [2.05, 4.69) is 65.6 Å². The van der Waals surface area contributed by atoms with Crippen LogP contribution < -0.4 is 15.3 Å². The maximum absolute atomic E-state index is 12.8. The van der Waals surface area contributed by atoms with Gasteiger partial charge in [-0.2, -0.15) is 0 Å². The number of allylic oxidation sites excluding steroid dienone is 1. The monoisotopic (exact) mass is 559 g/mol. The first-order valence-electron chi connectivity index (χ1n) is 11.7. The molecule has 2 aromatic heterocycles. The van der Waals surface area contributed by atoms with E-state index in [-0.39, 0.29) is 26.1 Å². The van der Waals surface area contributed by atoms with Gasteiger partial charge in [-0.25, -0.2) is 0 Å². The van der Waals surface area contributed by atoms with Crippen molar-refractivity contribution in [3.8, 4) is 0 Å². The van der Waals surface area contributed by atoms with Gasteiger partial charge in [0.25, 0.3) is 0 Å². The molecule has 1 aliphatic carbocycles. The van der Waals surface area contributed by atoms with Crippen LogP contribution in [0.3, 0.4) is 0 Å². The molecule has 4 aromatic rings. The van der Waals surface area contributed by atoms with E-state index in [1.807, 2.05) is 6.08 Å². The molecule has 1 spiro atoms. The molecular weight excluding hydrogens is 537 g/mol. The molecule has 7 rings (SSSR count). The van der Waals surface area contributed by atoms with Gasteiger partial charge in [0, 0.05) is 0 Å². The molecular formula is C28H21NO3SSeSi. The van der Waals surface area contributed by atoms with Crippen LogP contribution in [0.25, 0.3) is 6.08 Å². The van der Waals surface area contributed by atoms with Crippen molar-refractivity contribution in [2.75, 3.05) is 18.1 Å². The van der Waals surface area contributed by atoms with Crippen molar-refractivity contribution in [3.63, 3.8) is 0 Å². The Kier molecular flexibility index (Phi) is 4.98. The van der Waals surface area contributed by atoms with Gasteiger partial charge in [-0.15, -0.1) is 0 Å². The quantitative estimate of drug-likeness (QED) is 0.204. The molecule has 2 aromatic carbocycles. The Bertz CT molecular complexity index is 1460. The molecule has 0 saturated carbocycles. The number of carbonyl (C=O) groups is 2. The molecule has 172 valence electrons. The fourth-order valence-corrected chi connectivity index (χ4v) is 13.4. The molecule has 2 aliphatic heterocycles. The zero-order valence-corrected chi connectivity index (χ0v) is 22.4. The SMILES string of the molecule is O=C1C(=Cc2ccc(N3c4ccccc4[Si]4(CCOCC4)c4ccccc43)[se]2)C(=O)c2cscc21. The first-order chi connectivity index (χ1) is 17.2. The van der Waals surface area contributed by atoms with Crippen molar-refractivity contribution in [2.24, 2.45) is 0 Å². The number of thiophene rings is 1. The second-order valence-corrected chi connectivity index (χ2v) is 16.4. The third kappa shape index (κ3) is 3.13. The standard InChI is InChI=1S/C28H21NO3SSeSi/c30-27-19(28(31)21-17-33-16-20(21)27)15-18-9-10-26(34-18)29-22-5-1-3-7-24(22)35(13-11-32-12-14-35)25-8-4-2-6-23(25)29/h1-10,15-17H,11-14H2. The molecule has 0 N–H and O–H groups in total. The van der Waals surface area contributed by atoms with E-state index in [4.69, 9.17) is 4.74 Å². The fraction of sp³-hybridized carbons (Fsp3) is 0.143. The van der Waals surface area contributed by atoms with Crippen molar-refractivity contribution in [1.29, 1.82) is 0 Å². The number of nitrogens with zero attached hydrogens (tertiary/aromatic N) is 1. The molecule has 0 unspecified atom stereocenters. The molecule has 35 heavy (non-hydrogen) atoms. The molecule has 0 atom stereocenters. The number of carbonyl (C=O) groups excluding carboxylic acids is 2. The molecule has 0 amide bonds. The van der Waals surface area contributed by atoms with E-state index >= 15 is 0 Å². The van der Waals surface area contributed by atoms with Crippen LogP contribution in [0, 0.1) is 0 Å². The summed E-state index contributed by atoms with van der Waals surface area (Å²) in [5.41, 5.74) is 3.97. The number of anilines is 3. The summed E-state index contributed by atoms with van der Waals surface area (Å²) >= 11 is 1.39. The molecule has 1 fully saturated rings. The first-order valence-corrected chi connectivity index (χ1v) is 16.8. The number of fused-ring (bicyclic) bond motifs is 5. The Labute approximate surface area is 214 Å². The van der Waals surface area contributed by atoms with E-state index in [0.29, 0.717) is 16.7 Å². The summed E-state index contributed by atoms with van der Waals surface area (Å²) in [6.45, 7) is 1.66. The number of hydrogen-bond acceptors (Lipinski definition) is 5. The van der Waals surface area contributed by atoms with E-state index in [1.165, 1.54) is 37.6 Å². The van der Waals surface area contributed by atoms with Crippen LogP contribution in [-0.2, 0) is 4.74 Å². The molecule has 3 aliphatic rings. The second-order valence-electron chi connectivity index (χ2n) is 9.16. The molecule has 7 heteroatoms.